The van der Waals surface area contributed by atoms with Gasteiger partial charge in [-0.1, -0.05) is 27.2 Å². The van der Waals surface area contributed by atoms with Gasteiger partial charge in [-0.05, 0) is 32.4 Å². The fourth-order valence-corrected chi connectivity index (χ4v) is 2.22. The van der Waals surface area contributed by atoms with Gasteiger partial charge in [0, 0.05) is 42.8 Å². The molecule has 1 heterocycles. The molecular formula is C16H29N3. The van der Waals surface area contributed by atoms with Crippen LogP contribution in [0.25, 0.3) is 0 Å². The predicted molar refractivity (Wildman–Crippen MR) is 83.6 cm³/mol. The molecular weight excluding hydrogens is 234 g/mol. The Hall–Kier alpha value is -1.09. The normalized spacial score (nSPS) is 12.4. The molecule has 0 aliphatic carbocycles. The number of nitrogens with zero attached hydrogens (tertiary/aromatic N) is 2. The number of aromatic nitrogens is 1. The van der Waals surface area contributed by atoms with Crippen LogP contribution in [0.2, 0.25) is 0 Å². The van der Waals surface area contributed by atoms with Gasteiger partial charge in [-0.3, -0.25) is 4.98 Å². The summed E-state index contributed by atoms with van der Waals surface area (Å²) in [4.78, 5) is 6.82. The van der Waals surface area contributed by atoms with Crippen molar-refractivity contribution in [3.8, 4) is 0 Å². The van der Waals surface area contributed by atoms with E-state index in [0.717, 1.165) is 19.6 Å². The summed E-state index contributed by atoms with van der Waals surface area (Å²) in [6, 6.07) is 2.74. The zero-order valence-corrected chi connectivity index (χ0v) is 12.9. The molecule has 0 aliphatic heterocycles. The molecule has 1 aromatic heterocycles. The van der Waals surface area contributed by atoms with Crippen LogP contribution in [0, 0.1) is 0 Å². The van der Waals surface area contributed by atoms with Crippen LogP contribution in [0.15, 0.2) is 18.5 Å². The SMILES string of the molecule is CCCCN(c1ccncc1CNCC)C(C)CC. The summed E-state index contributed by atoms with van der Waals surface area (Å²) in [5.74, 6) is 0. The summed E-state index contributed by atoms with van der Waals surface area (Å²) in [5, 5.41) is 3.41. The van der Waals surface area contributed by atoms with E-state index in [-0.39, 0.29) is 0 Å². The van der Waals surface area contributed by atoms with E-state index in [1.165, 1.54) is 30.5 Å². The van der Waals surface area contributed by atoms with Gasteiger partial charge < -0.3 is 10.2 Å². The molecule has 0 aromatic carbocycles. The zero-order valence-electron chi connectivity index (χ0n) is 12.9. The maximum absolute atomic E-state index is 4.28. The highest BCUT2D eigenvalue weighted by molar-refractivity contribution is 5.53. The molecule has 0 bridgehead atoms. The minimum Gasteiger partial charge on any atom is -0.368 e. The van der Waals surface area contributed by atoms with Crippen LogP contribution >= 0.6 is 0 Å². The Bertz CT molecular complexity index is 352. The summed E-state index contributed by atoms with van der Waals surface area (Å²) >= 11 is 0. The van der Waals surface area contributed by atoms with Gasteiger partial charge in [-0.15, -0.1) is 0 Å². The van der Waals surface area contributed by atoms with E-state index >= 15 is 0 Å². The summed E-state index contributed by atoms with van der Waals surface area (Å²) < 4.78 is 0. The molecule has 0 aliphatic rings. The van der Waals surface area contributed by atoms with Crippen molar-refractivity contribution < 1.29 is 0 Å². The summed E-state index contributed by atoms with van der Waals surface area (Å²) in [7, 11) is 0. The first-order valence-electron chi connectivity index (χ1n) is 7.64. The first kappa shape index (κ1) is 16.0. The lowest BCUT2D eigenvalue weighted by Gasteiger charge is -2.32. The fourth-order valence-electron chi connectivity index (χ4n) is 2.22. The highest BCUT2D eigenvalue weighted by Gasteiger charge is 2.15. The third-order valence-corrected chi connectivity index (χ3v) is 3.63. The molecule has 108 valence electrons. The topological polar surface area (TPSA) is 28.2 Å². The second-order valence-corrected chi connectivity index (χ2v) is 5.09. The molecule has 3 nitrogen and oxygen atoms in total. The zero-order chi connectivity index (χ0) is 14.1. The summed E-state index contributed by atoms with van der Waals surface area (Å²) in [6.45, 7) is 12.0. The number of hydrogen-bond acceptors (Lipinski definition) is 3. The molecule has 1 unspecified atom stereocenters. The molecule has 0 saturated carbocycles. The number of hydrogen-bond donors (Lipinski definition) is 1. The van der Waals surface area contributed by atoms with Crippen molar-refractivity contribution >= 4 is 5.69 Å². The van der Waals surface area contributed by atoms with Crippen LogP contribution < -0.4 is 10.2 Å². The van der Waals surface area contributed by atoms with Crippen LogP contribution in [-0.4, -0.2) is 24.1 Å². The van der Waals surface area contributed by atoms with E-state index in [4.69, 9.17) is 0 Å². The molecule has 19 heavy (non-hydrogen) atoms. The van der Waals surface area contributed by atoms with Gasteiger partial charge in [0.05, 0.1) is 0 Å². The number of anilines is 1. The van der Waals surface area contributed by atoms with E-state index in [1.54, 1.807) is 0 Å². The van der Waals surface area contributed by atoms with E-state index < -0.39 is 0 Å². The van der Waals surface area contributed by atoms with Crippen LogP contribution in [-0.2, 0) is 6.54 Å². The van der Waals surface area contributed by atoms with Crippen LogP contribution in [0.1, 0.15) is 52.5 Å². The van der Waals surface area contributed by atoms with Crippen LogP contribution in [0.4, 0.5) is 5.69 Å². The van der Waals surface area contributed by atoms with Gasteiger partial charge in [0.1, 0.15) is 0 Å². The second kappa shape index (κ2) is 8.92. The van der Waals surface area contributed by atoms with Gasteiger partial charge >= 0.3 is 0 Å². The predicted octanol–water partition coefficient (Wildman–Crippen LogP) is 3.60. The lowest BCUT2D eigenvalue weighted by molar-refractivity contribution is 0.590. The van der Waals surface area contributed by atoms with Crippen LogP contribution in [0.5, 0.6) is 0 Å². The van der Waals surface area contributed by atoms with Gasteiger partial charge in [0.2, 0.25) is 0 Å². The molecule has 0 radical (unpaired) electrons. The van der Waals surface area contributed by atoms with Crippen molar-refractivity contribution in [3.05, 3.63) is 24.0 Å². The van der Waals surface area contributed by atoms with Gasteiger partial charge in [0.15, 0.2) is 0 Å². The lowest BCUT2D eigenvalue weighted by atomic mass is 10.1. The third-order valence-electron chi connectivity index (χ3n) is 3.63. The van der Waals surface area contributed by atoms with Gasteiger partial charge in [0.25, 0.3) is 0 Å². The Kier molecular flexibility index (Phi) is 7.49. The van der Waals surface area contributed by atoms with E-state index in [9.17, 15) is 0 Å². The molecule has 1 rings (SSSR count). The van der Waals surface area contributed by atoms with Crippen molar-refractivity contribution in [2.24, 2.45) is 0 Å². The molecule has 0 saturated heterocycles. The molecule has 1 N–H and O–H groups in total. The van der Waals surface area contributed by atoms with Crippen molar-refractivity contribution in [2.45, 2.75) is 59.5 Å². The number of unbranched alkanes of at least 4 members (excludes halogenated alkanes) is 1. The molecule has 1 atom stereocenters. The number of rotatable bonds is 9. The summed E-state index contributed by atoms with van der Waals surface area (Å²) in [5.41, 5.74) is 2.65. The average molecular weight is 263 g/mol. The van der Waals surface area contributed by atoms with E-state index in [1.807, 2.05) is 12.4 Å². The first-order valence-corrected chi connectivity index (χ1v) is 7.64. The minimum atomic E-state index is 0.578. The molecule has 0 amide bonds. The van der Waals surface area contributed by atoms with Crippen molar-refractivity contribution in [1.29, 1.82) is 0 Å². The highest BCUT2D eigenvalue weighted by atomic mass is 15.2. The Balaban J connectivity index is 2.92. The maximum atomic E-state index is 4.28. The van der Waals surface area contributed by atoms with Gasteiger partial charge in [-0.2, -0.15) is 0 Å². The average Bonchev–Trinajstić information content (AvgIpc) is 2.46. The molecule has 1 aromatic rings. The Morgan fingerprint density at radius 1 is 1.32 bits per heavy atom. The lowest BCUT2D eigenvalue weighted by Crippen LogP contribution is -2.34. The highest BCUT2D eigenvalue weighted by Crippen LogP contribution is 2.23. The van der Waals surface area contributed by atoms with Crippen molar-refractivity contribution in [3.63, 3.8) is 0 Å². The second-order valence-electron chi connectivity index (χ2n) is 5.09. The van der Waals surface area contributed by atoms with E-state index in [0.29, 0.717) is 6.04 Å². The minimum absolute atomic E-state index is 0.578. The maximum Gasteiger partial charge on any atom is 0.0445 e. The molecule has 0 fully saturated rings. The van der Waals surface area contributed by atoms with Crippen molar-refractivity contribution in [2.75, 3.05) is 18.0 Å². The Labute approximate surface area is 118 Å². The monoisotopic (exact) mass is 263 g/mol. The number of pyridine rings is 1. The number of nitrogens with one attached hydrogen (secondary N) is 1. The Morgan fingerprint density at radius 3 is 2.74 bits per heavy atom. The summed E-state index contributed by atoms with van der Waals surface area (Å²) in [6.07, 6.45) is 7.56. The molecule has 3 heteroatoms. The van der Waals surface area contributed by atoms with E-state index in [2.05, 4.69) is 49.0 Å². The quantitative estimate of drug-likeness (QED) is 0.738. The standard InChI is InChI=1S/C16H29N3/c1-5-8-11-19(14(4)6-2)16-9-10-18-13-15(16)12-17-7-3/h9-10,13-14,17H,5-8,11-12H2,1-4H3. The van der Waals surface area contributed by atoms with Gasteiger partial charge in [-0.25, -0.2) is 0 Å². The third kappa shape index (κ3) is 4.83. The van der Waals surface area contributed by atoms with Crippen molar-refractivity contribution in [1.82, 2.24) is 10.3 Å². The smallest absolute Gasteiger partial charge is 0.0445 e. The fraction of sp³-hybridized carbons (Fsp3) is 0.688. The van der Waals surface area contributed by atoms with Crippen LogP contribution in [0.3, 0.4) is 0 Å². The molecule has 0 spiro atoms. The first-order chi connectivity index (χ1) is 9.24. The largest absolute Gasteiger partial charge is 0.368 e. The Morgan fingerprint density at radius 2 is 2.11 bits per heavy atom.